The third-order valence-corrected chi connectivity index (χ3v) is 9.33. The number of benzene rings is 1. The number of fused-ring (bicyclic) bond motifs is 2. The SMILES string of the molecule is Cn1cc(-c2cnc3ccc4ccc(CS(=O)(=O)NCc5csc(-c6cccs6)n5)cc4c(=O)c3c2)cn1. The lowest BCUT2D eigenvalue weighted by atomic mass is 10.1. The molecule has 0 aliphatic rings. The van der Waals surface area contributed by atoms with Crippen molar-refractivity contribution in [1.82, 2.24) is 24.5 Å². The molecule has 0 spiro atoms. The molecule has 0 aliphatic heterocycles. The van der Waals surface area contributed by atoms with E-state index in [1.807, 2.05) is 54.3 Å². The standard InChI is InChI=1S/C27H21N5O3S3/c1-32-14-20(12-29-32)19-10-23-24(28-11-19)7-6-18-5-4-17(9-22(18)26(23)33)16-38(34,35)30-13-21-15-37-27(31-21)25-3-2-8-36-25/h2-12,14-15,30H,13,16H2,1H3. The van der Waals surface area contributed by atoms with Crippen molar-refractivity contribution in [3.63, 3.8) is 0 Å². The van der Waals surface area contributed by atoms with Gasteiger partial charge in [0.05, 0.1) is 34.6 Å². The van der Waals surface area contributed by atoms with Gasteiger partial charge in [0.15, 0.2) is 5.43 Å². The Morgan fingerprint density at radius 3 is 2.66 bits per heavy atom. The second kappa shape index (κ2) is 9.84. The van der Waals surface area contributed by atoms with Crippen LogP contribution in [0.2, 0.25) is 0 Å². The van der Waals surface area contributed by atoms with Gasteiger partial charge in [0, 0.05) is 46.7 Å². The molecule has 1 N–H and O–H groups in total. The van der Waals surface area contributed by atoms with Crippen LogP contribution in [-0.2, 0) is 29.4 Å². The van der Waals surface area contributed by atoms with Crippen LogP contribution in [0, 0.1) is 0 Å². The fraction of sp³-hybridized carbons (Fsp3) is 0.111. The van der Waals surface area contributed by atoms with E-state index in [4.69, 9.17) is 0 Å². The van der Waals surface area contributed by atoms with Crippen LogP contribution in [0.4, 0.5) is 0 Å². The number of nitrogens with one attached hydrogen (secondary N) is 1. The predicted octanol–water partition coefficient (Wildman–Crippen LogP) is 4.95. The van der Waals surface area contributed by atoms with E-state index in [9.17, 15) is 13.2 Å². The average Bonchev–Trinajstić information content (AvgIpc) is 3.67. The molecule has 4 aromatic heterocycles. The molecular weight excluding hydrogens is 539 g/mol. The topological polar surface area (TPSA) is 107 Å². The number of pyridine rings is 1. The highest BCUT2D eigenvalue weighted by atomic mass is 32.2. The van der Waals surface area contributed by atoms with Crippen LogP contribution in [0.1, 0.15) is 11.3 Å². The molecule has 38 heavy (non-hydrogen) atoms. The van der Waals surface area contributed by atoms with Crippen molar-refractivity contribution in [2.45, 2.75) is 12.3 Å². The molecule has 4 heterocycles. The predicted molar refractivity (Wildman–Crippen MR) is 153 cm³/mol. The van der Waals surface area contributed by atoms with E-state index >= 15 is 0 Å². The van der Waals surface area contributed by atoms with Crippen molar-refractivity contribution in [3.05, 3.63) is 99.4 Å². The minimum atomic E-state index is -3.67. The van der Waals surface area contributed by atoms with Gasteiger partial charge in [-0.2, -0.15) is 5.10 Å². The normalized spacial score (nSPS) is 11.9. The van der Waals surface area contributed by atoms with E-state index in [-0.39, 0.29) is 17.7 Å². The summed E-state index contributed by atoms with van der Waals surface area (Å²) in [4.78, 5) is 23.7. The fourth-order valence-corrected chi connectivity index (χ4v) is 6.95. The maximum absolute atomic E-state index is 13.6. The number of nitrogens with zero attached hydrogens (tertiary/aromatic N) is 4. The molecule has 6 aromatic rings. The second-order valence-corrected chi connectivity index (χ2v) is 12.5. The lowest BCUT2D eigenvalue weighted by Gasteiger charge is -2.06. The molecule has 0 amide bonds. The Morgan fingerprint density at radius 2 is 1.87 bits per heavy atom. The molecule has 8 nitrogen and oxygen atoms in total. The van der Waals surface area contributed by atoms with Gasteiger partial charge in [0.25, 0.3) is 0 Å². The highest BCUT2D eigenvalue weighted by Crippen LogP contribution is 2.28. The van der Waals surface area contributed by atoms with Gasteiger partial charge in [-0.1, -0.05) is 24.3 Å². The zero-order valence-electron chi connectivity index (χ0n) is 20.2. The number of sulfonamides is 1. The van der Waals surface area contributed by atoms with E-state index in [0.717, 1.165) is 21.0 Å². The van der Waals surface area contributed by atoms with E-state index in [2.05, 4.69) is 19.8 Å². The summed E-state index contributed by atoms with van der Waals surface area (Å²) in [6.07, 6.45) is 5.30. The van der Waals surface area contributed by atoms with Gasteiger partial charge >= 0.3 is 0 Å². The summed E-state index contributed by atoms with van der Waals surface area (Å²) in [5, 5.41) is 10.5. The van der Waals surface area contributed by atoms with Crippen molar-refractivity contribution in [3.8, 4) is 21.0 Å². The molecule has 0 unspecified atom stereocenters. The number of rotatable bonds is 7. The molecule has 0 saturated heterocycles. The highest BCUT2D eigenvalue weighted by molar-refractivity contribution is 7.88. The molecule has 0 saturated carbocycles. The Morgan fingerprint density at radius 1 is 1.00 bits per heavy atom. The monoisotopic (exact) mass is 559 g/mol. The van der Waals surface area contributed by atoms with Gasteiger partial charge in [0.1, 0.15) is 5.01 Å². The molecule has 11 heteroatoms. The number of hydrogen-bond donors (Lipinski definition) is 1. The Labute approximate surface area is 226 Å². The number of thiazole rings is 1. The Balaban J connectivity index is 1.28. The van der Waals surface area contributed by atoms with Gasteiger partial charge in [0.2, 0.25) is 10.0 Å². The van der Waals surface area contributed by atoms with Gasteiger partial charge in [-0.15, -0.1) is 22.7 Å². The highest BCUT2D eigenvalue weighted by Gasteiger charge is 2.15. The Bertz CT molecular complexity index is 1960. The molecule has 0 bridgehead atoms. The van der Waals surface area contributed by atoms with Crippen molar-refractivity contribution < 1.29 is 8.42 Å². The molecule has 190 valence electrons. The van der Waals surface area contributed by atoms with Crippen molar-refractivity contribution in [2.24, 2.45) is 7.05 Å². The van der Waals surface area contributed by atoms with Crippen LogP contribution in [-0.4, -0.2) is 28.2 Å². The third kappa shape index (κ3) is 5.01. The van der Waals surface area contributed by atoms with Gasteiger partial charge in [-0.05, 0) is 40.6 Å². The van der Waals surface area contributed by atoms with Crippen molar-refractivity contribution in [1.29, 1.82) is 0 Å². The van der Waals surface area contributed by atoms with Crippen LogP contribution in [0.3, 0.4) is 0 Å². The first-order chi connectivity index (χ1) is 18.3. The molecule has 0 radical (unpaired) electrons. The summed E-state index contributed by atoms with van der Waals surface area (Å²) < 4.78 is 30.1. The minimum absolute atomic E-state index is 0.104. The summed E-state index contributed by atoms with van der Waals surface area (Å²) in [7, 11) is -1.84. The first kappa shape index (κ1) is 24.6. The zero-order chi connectivity index (χ0) is 26.3. The summed E-state index contributed by atoms with van der Waals surface area (Å²) in [5.41, 5.74) is 3.20. The van der Waals surface area contributed by atoms with E-state index in [1.165, 1.54) is 11.3 Å². The zero-order valence-corrected chi connectivity index (χ0v) is 22.6. The molecule has 0 atom stereocenters. The average molecular weight is 560 g/mol. The smallest absolute Gasteiger partial charge is 0.216 e. The summed E-state index contributed by atoms with van der Waals surface area (Å²) in [6.45, 7) is 0.104. The maximum atomic E-state index is 13.6. The van der Waals surface area contributed by atoms with E-state index in [0.29, 0.717) is 32.9 Å². The lowest BCUT2D eigenvalue weighted by Crippen LogP contribution is -2.24. The van der Waals surface area contributed by atoms with Crippen LogP contribution in [0.5, 0.6) is 0 Å². The number of aryl methyl sites for hydroxylation is 1. The van der Waals surface area contributed by atoms with Crippen molar-refractivity contribution >= 4 is 54.4 Å². The van der Waals surface area contributed by atoms with Gasteiger partial charge in [-0.3, -0.25) is 14.5 Å². The molecule has 6 rings (SSSR count). The largest absolute Gasteiger partial charge is 0.289 e. The summed E-state index contributed by atoms with van der Waals surface area (Å²) in [6, 6.07) is 14.6. The maximum Gasteiger partial charge on any atom is 0.216 e. The molecular formula is C27H21N5O3S3. The Kier molecular flexibility index (Phi) is 6.36. The fourth-order valence-electron chi connectivity index (χ4n) is 4.22. The number of aromatic nitrogens is 4. The lowest BCUT2D eigenvalue weighted by molar-refractivity contribution is 0.580. The summed E-state index contributed by atoms with van der Waals surface area (Å²) >= 11 is 3.08. The third-order valence-electron chi connectivity index (χ3n) is 6.10. The van der Waals surface area contributed by atoms with E-state index < -0.39 is 10.0 Å². The van der Waals surface area contributed by atoms with Crippen LogP contribution < -0.4 is 10.2 Å². The molecule has 0 fully saturated rings. The number of hydrogen-bond acceptors (Lipinski definition) is 8. The quantitative estimate of drug-likeness (QED) is 0.297. The van der Waals surface area contributed by atoms with Gasteiger partial charge < -0.3 is 0 Å². The minimum Gasteiger partial charge on any atom is -0.289 e. The van der Waals surface area contributed by atoms with Crippen LogP contribution in [0.15, 0.2) is 82.7 Å². The molecule has 0 aliphatic carbocycles. The second-order valence-electron chi connectivity index (χ2n) is 8.85. The number of thiophene rings is 1. The van der Waals surface area contributed by atoms with Crippen LogP contribution in [0.25, 0.3) is 42.7 Å². The van der Waals surface area contributed by atoms with Crippen LogP contribution >= 0.6 is 22.7 Å². The van der Waals surface area contributed by atoms with E-state index in [1.54, 1.807) is 46.6 Å². The first-order valence-electron chi connectivity index (χ1n) is 11.6. The van der Waals surface area contributed by atoms with Crippen molar-refractivity contribution in [2.75, 3.05) is 0 Å². The summed E-state index contributed by atoms with van der Waals surface area (Å²) in [5.74, 6) is -0.250. The first-order valence-corrected chi connectivity index (χ1v) is 15.1. The molecule has 2 aromatic carbocycles. The van der Waals surface area contributed by atoms with Gasteiger partial charge in [-0.25, -0.2) is 18.1 Å². The Hall–Kier alpha value is -3.77.